The number of rotatable bonds is 22. The number of esters is 1. The molecule has 6 fully saturated rings. The summed E-state index contributed by atoms with van der Waals surface area (Å²) < 4.78 is 5.91. The Morgan fingerprint density at radius 2 is 0.907 bits per heavy atom. The topological polar surface area (TPSA) is 111 Å². The number of allylic oxidation sites excluding steroid dienone is 4. The molecule has 23 unspecified atom stereocenters. The molecule has 6 aliphatic carbocycles. The molecule has 6 rings (SSSR count). The predicted octanol–water partition coefficient (Wildman–Crippen LogP) is 26.2. The van der Waals surface area contributed by atoms with Gasteiger partial charge in [0.15, 0.2) is 0 Å². The summed E-state index contributed by atoms with van der Waals surface area (Å²) in [4.78, 5) is 38.0. The predicted molar refractivity (Wildman–Crippen MR) is 500 cm³/mol. The number of hydrogen-bond donors (Lipinski definition) is 1. The summed E-state index contributed by atoms with van der Waals surface area (Å²) in [7, 11) is 61.2. The number of ketones is 2. The van der Waals surface area contributed by atoms with Crippen LogP contribution in [0.25, 0.3) is 0 Å². The van der Waals surface area contributed by atoms with Gasteiger partial charge >= 0.3 is 57.4 Å². The minimum atomic E-state index is -0.430. The fraction of sp³-hybridized carbons (Fsp3) is 0.738. The fourth-order valence-electron chi connectivity index (χ4n) is 14.8. The second kappa shape index (κ2) is 45.4. The molecular formula is C42H102ClKO6P36. The molecule has 0 aromatic carbocycles. The normalized spacial score (nSPS) is 33.5. The standard InChI is InChI=1S/C22H31ClO3.C20H30O2.K.H2O.H37P35.H3P/c1-6-13(2)16-11-18(26-19(25)12-23)21(5)14(3)7-9-22(15(16)4)10-8-17(24)20(21)22;1-6-12(2)15-11-17(22)19(5)13(3)7-9-20(14(15)4)10-8-16(21)18(19)20;;;1-19-28(18)33(29(20(2)3)21(4)5)35(32(26(14)15)27(16)17)34(30(22(6)7)23(8)9)31(24(10)11)25(12)13;/h6,14-16,18,20H,1-2,7-12H2,3-5H3;6,13-15,17-18,22H,1-2,7-11H2,3-5H3;;1H2;19H,1-18H2;1H3/q;;+1;;;/p-1/t14-,15+,16+,18-,20+,21+,22+;13-,14+,15+,17-,18+,19+,20+;;;;/m11..../s1. The van der Waals surface area contributed by atoms with Crippen molar-refractivity contribution in [3.05, 3.63) is 49.6 Å². The van der Waals surface area contributed by atoms with E-state index >= 15 is 0 Å². The third kappa shape index (κ3) is 23.1. The molecule has 4 bridgehead atoms. The number of aliphatic hydroxyl groups excluding tert-OH is 1. The Balaban J connectivity index is 0.000000649. The van der Waals surface area contributed by atoms with E-state index in [1.54, 1.807) is 0 Å². The molecule has 44 heteroatoms. The van der Waals surface area contributed by atoms with E-state index < -0.39 is 12.1 Å². The van der Waals surface area contributed by atoms with Crippen molar-refractivity contribution < 1.29 is 81.1 Å². The van der Waals surface area contributed by atoms with E-state index in [-0.39, 0.29) is 236 Å². The molecule has 86 heavy (non-hydrogen) atoms. The van der Waals surface area contributed by atoms with Gasteiger partial charge in [-0.3, -0.25) is 14.4 Å². The number of carbonyl (C=O) groups is 3. The zero-order valence-electron chi connectivity index (χ0n) is 50.7. The van der Waals surface area contributed by atoms with Crippen LogP contribution >= 0.6 is 302 Å². The van der Waals surface area contributed by atoms with Gasteiger partial charge in [0.25, 0.3) is 0 Å². The molecule has 0 aromatic heterocycles. The molecule has 6 nitrogen and oxygen atoms in total. The van der Waals surface area contributed by atoms with Gasteiger partial charge in [0, 0.05) is 35.5 Å². The van der Waals surface area contributed by atoms with Crippen molar-refractivity contribution in [2.75, 3.05) is 5.88 Å². The Kier molecular flexibility index (Phi) is 52.4. The molecule has 0 aliphatic heterocycles. The van der Waals surface area contributed by atoms with Crippen molar-refractivity contribution in [1.29, 1.82) is 0 Å². The second-order valence-electron chi connectivity index (χ2n) is 22.7. The van der Waals surface area contributed by atoms with Crippen LogP contribution in [-0.2, 0) is 19.1 Å². The molecule has 2 N–H and O–H groups in total. The Labute approximate surface area is 634 Å². The average molecular weight is 1890 g/mol. The van der Waals surface area contributed by atoms with Gasteiger partial charge in [0.1, 0.15) is 23.6 Å². The third-order valence-electron chi connectivity index (χ3n) is 19.1. The van der Waals surface area contributed by atoms with Crippen molar-refractivity contribution >= 4 is 320 Å². The number of aliphatic hydroxyl groups is 1. The number of hydrogen-bond acceptors (Lipinski definition) is 6. The summed E-state index contributed by atoms with van der Waals surface area (Å²) in [5.74, 6) is 1.98. The van der Waals surface area contributed by atoms with Crippen LogP contribution in [0.2, 0.25) is 0 Å². The largest absolute Gasteiger partial charge is 1.00 e. The van der Waals surface area contributed by atoms with E-state index in [2.05, 4.69) is 229 Å². The van der Waals surface area contributed by atoms with Crippen molar-refractivity contribution in [1.82, 2.24) is 0 Å². The maximum Gasteiger partial charge on any atom is 1.00 e. The van der Waals surface area contributed by atoms with Crippen LogP contribution < -0.4 is 51.4 Å². The first-order valence-electron chi connectivity index (χ1n) is 26.5. The molecular weight excluding hydrogens is 1790 g/mol. The second-order valence-corrected chi connectivity index (χ2v) is 163. The van der Waals surface area contributed by atoms with Crippen molar-refractivity contribution in [2.45, 2.75) is 118 Å². The van der Waals surface area contributed by atoms with Crippen LogP contribution in [-0.4, -0.2) is 46.2 Å². The molecule has 6 saturated carbocycles. The van der Waals surface area contributed by atoms with E-state index in [4.69, 9.17) is 16.3 Å². The Morgan fingerprint density at radius 1 is 0.593 bits per heavy atom. The van der Waals surface area contributed by atoms with Crippen molar-refractivity contribution in [3.8, 4) is 0 Å². The average Bonchev–Trinajstić information content (AvgIpc) is 1.53. The maximum absolute atomic E-state index is 13.1. The van der Waals surface area contributed by atoms with Crippen LogP contribution in [0.15, 0.2) is 49.6 Å². The van der Waals surface area contributed by atoms with Crippen molar-refractivity contribution in [3.63, 3.8) is 0 Å². The summed E-state index contributed by atoms with van der Waals surface area (Å²) in [6.07, 6.45) is 12.0. The first-order chi connectivity index (χ1) is 38.4. The van der Waals surface area contributed by atoms with Crippen LogP contribution in [0.3, 0.4) is 0 Å². The zero-order valence-corrected chi connectivity index (χ0v) is 92.1. The van der Waals surface area contributed by atoms with Gasteiger partial charge in [-0.2, -0.15) is 9.90 Å². The number of halogens is 1. The number of alkyl halides is 1. The van der Waals surface area contributed by atoms with E-state index in [0.717, 1.165) is 64.0 Å². The summed E-state index contributed by atoms with van der Waals surface area (Å²) >= 11 is 5.75. The molecule has 0 saturated heterocycles. The van der Waals surface area contributed by atoms with Gasteiger partial charge in [-0.15, -0.1) is 172 Å². The Bertz CT molecular complexity index is 2220. The van der Waals surface area contributed by atoms with Crippen LogP contribution in [0.4, 0.5) is 0 Å². The summed E-state index contributed by atoms with van der Waals surface area (Å²) in [6.45, 7) is 29.0. The Morgan fingerprint density at radius 3 is 1.23 bits per heavy atom. The summed E-state index contributed by atoms with van der Waals surface area (Å²) in [5, 5.41) is 11.1. The maximum atomic E-state index is 13.1. The van der Waals surface area contributed by atoms with Gasteiger partial charge in [-0.1, -0.05) is 99.1 Å². The van der Waals surface area contributed by atoms with E-state index in [0.29, 0.717) is 54.5 Å². The third-order valence-corrected chi connectivity index (χ3v) is 254. The van der Waals surface area contributed by atoms with Crippen LogP contribution in [0.5, 0.6) is 0 Å². The SMILES string of the molecule is C=CC(=C)[C@@H]1C[C@@H](O)[C@]2(C)[C@H](C)CC[C@]3(CCC(=O)[C@H]32)[C@H]1C.C=CC(=C)[C@@H]1C[C@@H](OC(=O)CCl)[C@]2(C)[C@H](C)CC[C@]3(CCC(=O)[C@H]32)[C@H]1C.P.PPP(P)P(P(P(P)P)P(P)P)P(P(P(P)P)P(P)P)P(P(P(P)P)P(P)P)P(P(P)P)P(P)P.[K+].[OH-]. The first-order valence-corrected chi connectivity index (χ1v) is 90.3. The molecule has 6 aliphatic rings. The molecule has 0 radical (unpaired) electrons. The molecule has 0 spiro atoms. The van der Waals surface area contributed by atoms with Crippen molar-refractivity contribution in [2.24, 2.45) is 69.0 Å². The minimum absolute atomic E-state index is 0. The fourth-order valence-corrected chi connectivity index (χ4v) is 485. The Hall–Kier alpha value is 15.1. The number of Topliss-reactive ketones (excluding diaryl/α,β-unsaturated/α-hetero) is 2. The van der Waals surface area contributed by atoms with Gasteiger partial charge < -0.3 is 15.3 Å². The summed E-state index contributed by atoms with van der Waals surface area (Å²) in [6, 6.07) is 0. The smallest absolute Gasteiger partial charge is 0.870 e. The first kappa shape index (κ1) is 99.1. The van der Waals surface area contributed by atoms with E-state index in [1.165, 1.54) is 0 Å². The minimum Gasteiger partial charge on any atom is -0.870 e. The monoisotopic (exact) mass is 1890 g/mol. The van der Waals surface area contributed by atoms with Crippen LogP contribution in [0, 0.1) is 69.0 Å². The van der Waals surface area contributed by atoms with Gasteiger partial charge in [0.05, 0.1) is 6.10 Å². The van der Waals surface area contributed by atoms with Gasteiger partial charge in [-0.25, -0.2) is 0 Å². The number of carbonyl (C=O) groups excluding carboxylic acids is 3. The molecule has 0 amide bonds. The molecule has 494 valence electrons. The number of ether oxygens (including phenoxy) is 1. The molecule has 0 heterocycles. The summed E-state index contributed by atoms with van der Waals surface area (Å²) in [5.41, 5.74) is 1.43. The van der Waals surface area contributed by atoms with Gasteiger partial charge in [-0.05, 0) is 210 Å². The van der Waals surface area contributed by atoms with Crippen LogP contribution in [0.1, 0.15) is 106 Å². The van der Waals surface area contributed by atoms with Gasteiger partial charge in [0.2, 0.25) is 0 Å². The van der Waals surface area contributed by atoms with E-state index in [9.17, 15) is 19.5 Å². The molecule has 37 atom stereocenters. The quantitative estimate of drug-likeness (QED) is 0.0380. The molecule has 0 aromatic rings. The zero-order chi connectivity index (χ0) is 63.5. The van der Waals surface area contributed by atoms with E-state index in [1.807, 2.05) is 12.2 Å².